The zero-order valence-electron chi connectivity index (χ0n) is 8.66. The van der Waals surface area contributed by atoms with E-state index in [1.165, 1.54) is 6.08 Å². The molecule has 0 bridgehead atoms. The van der Waals surface area contributed by atoms with Gasteiger partial charge < -0.3 is 4.90 Å². The normalized spacial score (nSPS) is 30.2. The highest BCUT2D eigenvalue weighted by molar-refractivity contribution is 5.87. The fraction of sp³-hybridized carbons (Fsp3) is 0.700. The number of carbonyl (C=O) groups is 1. The first-order chi connectivity index (χ1) is 6.06. The summed E-state index contributed by atoms with van der Waals surface area (Å²) in [5, 5.41) is 0. The summed E-state index contributed by atoms with van der Waals surface area (Å²) in [6, 6.07) is 0.875. The van der Waals surface area contributed by atoms with Crippen molar-refractivity contribution in [2.45, 2.75) is 25.9 Å². The number of piperazine rings is 1. The molecule has 0 aromatic rings. The van der Waals surface area contributed by atoms with Crippen LogP contribution in [0.1, 0.15) is 13.8 Å². The van der Waals surface area contributed by atoms with E-state index < -0.39 is 0 Å². The lowest BCUT2D eigenvalue weighted by Crippen LogP contribution is -2.56. The molecule has 0 aromatic carbocycles. The van der Waals surface area contributed by atoms with Gasteiger partial charge in [0.05, 0.1) is 0 Å². The fourth-order valence-electron chi connectivity index (χ4n) is 1.71. The highest BCUT2D eigenvalue weighted by Gasteiger charge is 2.27. The zero-order valence-corrected chi connectivity index (χ0v) is 8.66. The minimum absolute atomic E-state index is 0.0480. The summed E-state index contributed by atoms with van der Waals surface area (Å²) in [7, 11) is 2.10. The second-order valence-electron chi connectivity index (χ2n) is 3.81. The van der Waals surface area contributed by atoms with Gasteiger partial charge in [0.15, 0.2) is 0 Å². The predicted molar refractivity (Wildman–Crippen MR) is 53.5 cm³/mol. The number of likely N-dealkylation sites (N-methyl/N-ethyl adjacent to an activating group) is 1. The summed E-state index contributed by atoms with van der Waals surface area (Å²) in [5.74, 6) is 0.0480. The Balaban J connectivity index is 2.63. The van der Waals surface area contributed by atoms with Crippen LogP contribution in [0.2, 0.25) is 0 Å². The molecule has 1 aliphatic rings. The van der Waals surface area contributed by atoms with Crippen LogP contribution in [-0.2, 0) is 4.79 Å². The van der Waals surface area contributed by atoms with Gasteiger partial charge >= 0.3 is 0 Å². The van der Waals surface area contributed by atoms with Crippen molar-refractivity contribution in [2.75, 3.05) is 20.1 Å². The van der Waals surface area contributed by atoms with Gasteiger partial charge in [-0.3, -0.25) is 9.69 Å². The highest BCUT2D eigenvalue weighted by atomic mass is 16.2. The van der Waals surface area contributed by atoms with Gasteiger partial charge in [-0.05, 0) is 27.0 Å². The monoisotopic (exact) mass is 182 g/mol. The third-order valence-corrected chi connectivity index (χ3v) is 2.85. The summed E-state index contributed by atoms with van der Waals surface area (Å²) >= 11 is 0. The van der Waals surface area contributed by atoms with Gasteiger partial charge in [0, 0.05) is 25.2 Å². The molecule has 0 spiro atoms. The molecule has 74 valence electrons. The lowest BCUT2D eigenvalue weighted by molar-refractivity contribution is -0.129. The summed E-state index contributed by atoms with van der Waals surface area (Å²) < 4.78 is 0. The third-order valence-electron chi connectivity index (χ3n) is 2.85. The van der Waals surface area contributed by atoms with Crippen molar-refractivity contribution >= 4 is 5.91 Å². The van der Waals surface area contributed by atoms with E-state index >= 15 is 0 Å². The Morgan fingerprint density at radius 1 is 1.38 bits per heavy atom. The SMILES string of the molecule is C=CC(=O)N1C[C@@H](C)N(C)[C@@H](C)C1. The van der Waals surface area contributed by atoms with Crippen LogP contribution < -0.4 is 0 Å². The van der Waals surface area contributed by atoms with Crippen LogP contribution in [0.25, 0.3) is 0 Å². The van der Waals surface area contributed by atoms with E-state index in [4.69, 9.17) is 0 Å². The lowest BCUT2D eigenvalue weighted by Gasteiger charge is -2.42. The van der Waals surface area contributed by atoms with Crippen LogP contribution in [-0.4, -0.2) is 47.9 Å². The molecule has 1 saturated heterocycles. The molecule has 0 aromatic heterocycles. The van der Waals surface area contributed by atoms with Crippen LogP contribution in [0.4, 0.5) is 0 Å². The first-order valence-corrected chi connectivity index (χ1v) is 4.69. The smallest absolute Gasteiger partial charge is 0.246 e. The molecule has 3 nitrogen and oxygen atoms in total. The number of hydrogen-bond acceptors (Lipinski definition) is 2. The molecular weight excluding hydrogens is 164 g/mol. The van der Waals surface area contributed by atoms with Gasteiger partial charge in [-0.15, -0.1) is 0 Å². The average molecular weight is 182 g/mol. The van der Waals surface area contributed by atoms with Gasteiger partial charge in [-0.2, -0.15) is 0 Å². The Bertz CT molecular complexity index is 203. The van der Waals surface area contributed by atoms with Crippen LogP contribution in [0.5, 0.6) is 0 Å². The molecule has 1 amide bonds. The Hall–Kier alpha value is -0.830. The number of nitrogens with zero attached hydrogens (tertiary/aromatic N) is 2. The average Bonchev–Trinajstić information content (AvgIpc) is 2.12. The van der Waals surface area contributed by atoms with Crippen LogP contribution >= 0.6 is 0 Å². The molecule has 0 N–H and O–H groups in total. The number of rotatable bonds is 1. The number of carbonyl (C=O) groups excluding carboxylic acids is 1. The van der Waals surface area contributed by atoms with E-state index in [9.17, 15) is 4.79 Å². The molecule has 1 heterocycles. The first-order valence-electron chi connectivity index (χ1n) is 4.69. The van der Waals surface area contributed by atoms with Crippen LogP contribution in [0.3, 0.4) is 0 Å². The van der Waals surface area contributed by atoms with Crippen LogP contribution in [0.15, 0.2) is 12.7 Å². The summed E-state index contributed by atoms with van der Waals surface area (Å²) in [5.41, 5.74) is 0. The highest BCUT2D eigenvalue weighted by Crippen LogP contribution is 2.13. The summed E-state index contributed by atoms with van der Waals surface area (Å²) in [6.07, 6.45) is 1.39. The lowest BCUT2D eigenvalue weighted by atomic mass is 10.1. The number of hydrogen-bond donors (Lipinski definition) is 0. The number of amides is 1. The molecule has 1 rings (SSSR count). The molecule has 1 fully saturated rings. The Morgan fingerprint density at radius 3 is 2.23 bits per heavy atom. The van der Waals surface area contributed by atoms with Gasteiger partial charge in [-0.1, -0.05) is 6.58 Å². The van der Waals surface area contributed by atoms with Crippen molar-refractivity contribution in [2.24, 2.45) is 0 Å². The molecule has 13 heavy (non-hydrogen) atoms. The van der Waals surface area contributed by atoms with Crippen molar-refractivity contribution in [3.8, 4) is 0 Å². The van der Waals surface area contributed by atoms with Crippen molar-refractivity contribution in [1.29, 1.82) is 0 Å². The fourth-order valence-corrected chi connectivity index (χ4v) is 1.71. The van der Waals surface area contributed by atoms with Crippen molar-refractivity contribution < 1.29 is 4.79 Å². The van der Waals surface area contributed by atoms with E-state index in [0.717, 1.165) is 13.1 Å². The Labute approximate surface area is 80.0 Å². The largest absolute Gasteiger partial charge is 0.336 e. The van der Waals surface area contributed by atoms with E-state index in [1.807, 2.05) is 4.90 Å². The van der Waals surface area contributed by atoms with E-state index in [0.29, 0.717) is 12.1 Å². The molecule has 0 radical (unpaired) electrons. The Kier molecular flexibility index (Phi) is 3.09. The molecule has 1 aliphatic heterocycles. The van der Waals surface area contributed by atoms with Gasteiger partial charge in [0.2, 0.25) is 5.91 Å². The zero-order chi connectivity index (χ0) is 10.0. The summed E-state index contributed by atoms with van der Waals surface area (Å²) in [4.78, 5) is 15.5. The molecular formula is C10H18N2O. The Morgan fingerprint density at radius 2 is 1.85 bits per heavy atom. The third kappa shape index (κ3) is 2.10. The molecule has 0 saturated carbocycles. The van der Waals surface area contributed by atoms with E-state index in [2.05, 4.69) is 32.4 Å². The molecule has 3 heteroatoms. The minimum atomic E-state index is 0.0480. The van der Waals surface area contributed by atoms with Gasteiger partial charge in [0.1, 0.15) is 0 Å². The topological polar surface area (TPSA) is 23.6 Å². The van der Waals surface area contributed by atoms with E-state index in [-0.39, 0.29) is 5.91 Å². The van der Waals surface area contributed by atoms with Gasteiger partial charge in [0.25, 0.3) is 0 Å². The molecule has 0 unspecified atom stereocenters. The standard InChI is InChI=1S/C10H18N2O/c1-5-10(13)12-6-8(2)11(4)9(3)7-12/h5,8-9H,1,6-7H2,2-4H3/t8-,9+. The maximum Gasteiger partial charge on any atom is 0.246 e. The van der Waals surface area contributed by atoms with Crippen molar-refractivity contribution in [3.63, 3.8) is 0 Å². The van der Waals surface area contributed by atoms with E-state index in [1.54, 1.807) is 0 Å². The maximum absolute atomic E-state index is 11.4. The van der Waals surface area contributed by atoms with Gasteiger partial charge in [-0.25, -0.2) is 0 Å². The maximum atomic E-state index is 11.4. The second kappa shape index (κ2) is 3.92. The van der Waals surface area contributed by atoms with Crippen LogP contribution in [0, 0.1) is 0 Å². The first kappa shape index (κ1) is 10.3. The van der Waals surface area contributed by atoms with Crippen molar-refractivity contribution in [3.05, 3.63) is 12.7 Å². The quantitative estimate of drug-likeness (QED) is 0.558. The summed E-state index contributed by atoms with van der Waals surface area (Å²) in [6.45, 7) is 9.40. The van der Waals surface area contributed by atoms with Crippen molar-refractivity contribution in [1.82, 2.24) is 9.80 Å². The second-order valence-corrected chi connectivity index (χ2v) is 3.81. The minimum Gasteiger partial charge on any atom is -0.336 e. The molecule has 2 atom stereocenters. The predicted octanol–water partition coefficient (Wildman–Crippen LogP) is 0.723. The molecule has 0 aliphatic carbocycles.